The van der Waals surface area contributed by atoms with E-state index in [2.05, 4.69) is 25.2 Å². The van der Waals surface area contributed by atoms with E-state index in [0.29, 0.717) is 11.5 Å². The maximum Gasteiger partial charge on any atom is 0.337 e. The number of ether oxygens (including phenoxy) is 1. The Morgan fingerprint density at radius 2 is 2.28 bits per heavy atom. The van der Waals surface area contributed by atoms with Gasteiger partial charge < -0.3 is 10.1 Å². The van der Waals surface area contributed by atoms with Gasteiger partial charge in [-0.2, -0.15) is 0 Å². The van der Waals surface area contributed by atoms with E-state index in [1.54, 1.807) is 0 Å². The molecular formula is C15H21NO2. The smallest absolute Gasteiger partial charge is 0.337 e. The van der Waals surface area contributed by atoms with Gasteiger partial charge in [0.25, 0.3) is 0 Å². The zero-order valence-corrected chi connectivity index (χ0v) is 11.3. The van der Waals surface area contributed by atoms with Crippen molar-refractivity contribution in [3.05, 3.63) is 35.4 Å². The summed E-state index contributed by atoms with van der Waals surface area (Å²) in [5.74, 6) is 0.293. The van der Waals surface area contributed by atoms with Crippen molar-refractivity contribution in [3.8, 4) is 0 Å². The number of carbonyl (C=O) groups is 1. The van der Waals surface area contributed by atoms with Crippen LogP contribution in [0.5, 0.6) is 0 Å². The van der Waals surface area contributed by atoms with Gasteiger partial charge in [-0.15, -0.1) is 0 Å². The highest BCUT2D eigenvalue weighted by Gasteiger charge is 2.35. The van der Waals surface area contributed by atoms with Gasteiger partial charge in [-0.25, -0.2) is 4.79 Å². The van der Waals surface area contributed by atoms with Crippen LogP contribution < -0.4 is 5.32 Å². The first-order valence-corrected chi connectivity index (χ1v) is 6.47. The highest BCUT2D eigenvalue weighted by Crippen LogP contribution is 2.37. The number of esters is 1. The molecule has 2 rings (SSSR count). The second kappa shape index (κ2) is 5.11. The van der Waals surface area contributed by atoms with Crippen molar-refractivity contribution in [3.63, 3.8) is 0 Å². The first-order valence-electron chi connectivity index (χ1n) is 6.47. The maximum absolute atomic E-state index is 11.6. The fourth-order valence-electron chi connectivity index (χ4n) is 2.69. The quantitative estimate of drug-likeness (QED) is 0.815. The van der Waals surface area contributed by atoms with E-state index in [1.165, 1.54) is 12.7 Å². The van der Waals surface area contributed by atoms with Crippen LogP contribution in [0.1, 0.15) is 36.2 Å². The van der Waals surface area contributed by atoms with Gasteiger partial charge in [0.1, 0.15) is 0 Å². The molecule has 0 amide bonds. The van der Waals surface area contributed by atoms with Crippen molar-refractivity contribution >= 4 is 5.97 Å². The molecule has 0 aliphatic carbocycles. The number of benzene rings is 1. The summed E-state index contributed by atoms with van der Waals surface area (Å²) < 4.78 is 4.79. The summed E-state index contributed by atoms with van der Waals surface area (Å²) in [6, 6.07) is 7.86. The van der Waals surface area contributed by atoms with E-state index in [1.807, 2.05) is 18.2 Å². The Kier molecular flexibility index (Phi) is 3.71. The topological polar surface area (TPSA) is 38.3 Å². The lowest BCUT2D eigenvalue weighted by molar-refractivity contribution is 0.0600. The van der Waals surface area contributed by atoms with Gasteiger partial charge in [-0.3, -0.25) is 0 Å². The molecule has 1 aliphatic heterocycles. The molecule has 2 atom stereocenters. The molecule has 1 aromatic carbocycles. The van der Waals surface area contributed by atoms with Gasteiger partial charge in [0, 0.05) is 0 Å². The fraction of sp³-hybridized carbons (Fsp3) is 0.533. The Hall–Kier alpha value is -1.35. The molecule has 0 aromatic heterocycles. The van der Waals surface area contributed by atoms with Crippen LogP contribution in [0.4, 0.5) is 0 Å². The second-order valence-electron chi connectivity index (χ2n) is 5.35. The van der Waals surface area contributed by atoms with Crippen LogP contribution in [0.25, 0.3) is 0 Å². The van der Waals surface area contributed by atoms with Gasteiger partial charge in [0.15, 0.2) is 0 Å². The Bertz CT molecular complexity index is 444. The van der Waals surface area contributed by atoms with Gasteiger partial charge in [-0.1, -0.05) is 26.0 Å². The average Bonchev–Trinajstić information content (AvgIpc) is 2.41. The van der Waals surface area contributed by atoms with Crippen molar-refractivity contribution in [2.45, 2.75) is 25.7 Å². The third-order valence-corrected chi connectivity index (χ3v) is 4.30. The van der Waals surface area contributed by atoms with E-state index in [-0.39, 0.29) is 11.4 Å². The molecule has 1 fully saturated rings. The van der Waals surface area contributed by atoms with Crippen molar-refractivity contribution in [1.82, 2.24) is 5.32 Å². The van der Waals surface area contributed by atoms with Crippen LogP contribution in [0.15, 0.2) is 24.3 Å². The Balaban J connectivity index is 2.35. The molecule has 0 spiro atoms. The molecule has 1 heterocycles. The first-order chi connectivity index (χ1) is 8.58. The van der Waals surface area contributed by atoms with Crippen molar-refractivity contribution in [1.29, 1.82) is 0 Å². The van der Waals surface area contributed by atoms with Crippen LogP contribution >= 0.6 is 0 Å². The minimum Gasteiger partial charge on any atom is -0.465 e. The molecule has 1 N–H and O–H groups in total. The fourth-order valence-corrected chi connectivity index (χ4v) is 2.69. The Labute approximate surface area is 109 Å². The number of rotatable bonds is 2. The standard InChI is InChI=1S/C15H21NO2/c1-11-10-16-8-7-15(11,2)13-6-4-5-12(9-13)14(17)18-3/h4-6,9,11,16H,7-8,10H2,1-3H3. The predicted molar refractivity (Wildman–Crippen MR) is 71.8 cm³/mol. The van der Waals surface area contributed by atoms with E-state index in [9.17, 15) is 4.79 Å². The number of carbonyl (C=O) groups excluding carboxylic acids is 1. The molecular weight excluding hydrogens is 226 g/mol. The number of methoxy groups -OCH3 is 1. The molecule has 0 radical (unpaired) electrons. The van der Waals surface area contributed by atoms with Crippen LogP contribution in [-0.4, -0.2) is 26.2 Å². The minimum absolute atomic E-state index is 0.134. The summed E-state index contributed by atoms with van der Waals surface area (Å²) in [6.07, 6.45) is 1.10. The maximum atomic E-state index is 11.6. The minimum atomic E-state index is -0.262. The van der Waals surface area contributed by atoms with E-state index in [4.69, 9.17) is 4.74 Å². The van der Waals surface area contributed by atoms with Gasteiger partial charge in [-0.05, 0) is 48.5 Å². The Morgan fingerprint density at radius 1 is 1.50 bits per heavy atom. The SMILES string of the molecule is COC(=O)c1cccc(C2(C)CCNCC2C)c1. The molecule has 18 heavy (non-hydrogen) atoms. The zero-order chi connectivity index (χ0) is 13.2. The lowest BCUT2D eigenvalue weighted by Gasteiger charge is -2.40. The third kappa shape index (κ3) is 2.27. The number of hydrogen-bond acceptors (Lipinski definition) is 3. The first kappa shape index (κ1) is 13.1. The Morgan fingerprint density at radius 3 is 2.94 bits per heavy atom. The molecule has 1 aromatic rings. The molecule has 1 aliphatic rings. The van der Waals surface area contributed by atoms with Crippen molar-refractivity contribution in [2.75, 3.05) is 20.2 Å². The number of nitrogens with one attached hydrogen (secondary N) is 1. The van der Waals surface area contributed by atoms with Gasteiger partial charge in [0.05, 0.1) is 12.7 Å². The monoisotopic (exact) mass is 247 g/mol. The predicted octanol–water partition coefficient (Wildman–Crippen LogP) is 2.36. The van der Waals surface area contributed by atoms with Crippen molar-refractivity contribution in [2.24, 2.45) is 5.92 Å². The normalized spacial score (nSPS) is 27.8. The molecule has 98 valence electrons. The van der Waals surface area contributed by atoms with E-state index < -0.39 is 0 Å². The van der Waals surface area contributed by atoms with Crippen LogP contribution in [0.2, 0.25) is 0 Å². The average molecular weight is 247 g/mol. The van der Waals surface area contributed by atoms with Gasteiger partial charge in [0.2, 0.25) is 0 Å². The molecule has 3 nitrogen and oxygen atoms in total. The summed E-state index contributed by atoms with van der Waals surface area (Å²) in [5.41, 5.74) is 2.01. The summed E-state index contributed by atoms with van der Waals surface area (Å²) in [7, 11) is 1.42. The van der Waals surface area contributed by atoms with E-state index >= 15 is 0 Å². The summed E-state index contributed by atoms with van der Waals surface area (Å²) in [5, 5.41) is 3.42. The number of hydrogen-bond donors (Lipinski definition) is 1. The third-order valence-electron chi connectivity index (χ3n) is 4.30. The molecule has 0 saturated carbocycles. The summed E-state index contributed by atoms with van der Waals surface area (Å²) >= 11 is 0. The molecule has 3 heteroatoms. The summed E-state index contributed by atoms with van der Waals surface area (Å²) in [6.45, 7) is 6.61. The zero-order valence-electron chi connectivity index (χ0n) is 11.3. The molecule has 1 saturated heterocycles. The molecule has 2 unspecified atom stereocenters. The second-order valence-corrected chi connectivity index (χ2v) is 5.35. The highest BCUT2D eigenvalue weighted by atomic mass is 16.5. The van der Waals surface area contributed by atoms with E-state index in [0.717, 1.165) is 19.5 Å². The lowest BCUT2D eigenvalue weighted by Crippen LogP contribution is -2.45. The van der Waals surface area contributed by atoms with Crippen LogP contribution in [-0.2, 0) is 10.2 Å². The van der Waals surface area contributed by atoms with Crippen LogP contribution in [0.3, 0.4) is 0 Å². The lowest BCUT2D eigenvalue weighted by atomic mass is 9.68. The van der Waals surface area contributed by atoms with Crippen LogP contribution in [0, 0.1) is 5.92 Å². The summed E-state index contributed by atoms with van der Waals surface area (Å²) in [4.78, 5) is 11.6. The molecule has 0 bridgehead atoms. The highest BCUT2D eigenvalue weighted by molar-refractivity contribution is 5.89. The van der Waals surface area contributed by atoms with Crippen molar-refractivity contribution < 1.29 is 9.53 Å². The largest absolute Gasteiger partial charge is 0.465 e. The van der Waals surface area contributed by atoms with Gasteiger partial charge >= 0.3 is 5.97 Å². The number of piperidine rings is 1.